The largest absolute Gasteiger partial charge is 0.369 e. The molecule has 0 bridgehead atoms. The van der Waals surface area contributed by atoms with Crippen LogP contribution in [0.25, 0.3) is 0 Å². The maximum Gasteiger partial charge on any atom is 0.252 e. The Morgan fingerprint density at radius 3 is 2.68 bits per heavy atom. The van der Waals surface area contributed by atoms with Gasteiger partial charge in [0.2, 0.25) is 0 Å². The smallest absolute Gasteiger partial charge is 0.252 e. The van der Waals surface area contributed by atoms with Crippen molar-refractivity contribution < 1.29 is 4.79 Å². The van der Waals surface area contributed by atoms with Gasteiger partial charge in [0, 0.05) is 19.8 Å². The summed E-state index contributed by atoms with van der Waals surface area (Å²) in [4.78, 5) is 17.2. The fraction of sp³-hybridized carbons (Fsp3) is 0.143. The van der Waals surface area contributed by atoms with Gasteiger partial charge in [-0.2, -0.15) is 0 Å². The normalized spacial score (nSPS) is 10.2. The molecule has 5 heteroatoms. The number of benzene rings is 1. The minimum Gasteiger partial charge on any atom is -0.369 e. The second-order valence-corrected chi connectivity index (χ2v) is 4.62. The number of rotatable bonds is 4. The first-order valence-corrected chi connectivity index (χ1v) is 6.16. The summed E-state index contributed by atoms with van der Waals surface area (Å²) in [7, 11) is 1.88. The maximum absolute atomic E-state index is 11.4. The standard InChI is InChI=1S/C14H14ClN3O/c1-18(9-10-5-3-2-4-6-10)12-7-13(15)17-8-11(12)14(16)19/h2-8H,9H2,1H3,(H2,16,19). The van der Waals surface area contributed by atoms with E-state index in [9.17, 15) is 4.79 Å². The third-order valence-corrected chi connectivity index (χ3v) is 2.99. The van der Waals surface area contributed by atoms with Crippen LogP contribution in [0.2, 0.25) is 5.15 Å². The van der Waals surface area contributed by atoms with Gasteiger partial charge in [-0.15, -0.1) is 0 Å². The Bertz CT molecular complexity index is 586. The van der Waals surface area contributed by atoms with E-state index in [-0.39, 0.29) is 0 Å². The number of amides is 1. The van der Waals surface area contributed by atoms with Crippen molar-refractivity contribution in [2.24, 2.45) is 5.73 Å². The number of halogens is 1. The molecule has 0 saturated heterocycles. The van der Waals surface area contributed by atoms with E-state index in [4.69, 9.17) is 17.3 Å². The average molecular weight is 276 g/mol. The van der Waals surface area contributed by atoms with Crippen molar-refractivity contribution >= 4 is 23.2 Å². The van der Waals surface area contributed by atoms with Gasteiger partial charge in [-0.05, 0) is 11.6 Å². The van der Waals surface area contributed by atoms with Crippen molar-refractivity contribution in [3.05, 3.63) is 58.9 Å². The maximum atomic E-state index is 11.4. The SMILES string of the molecule is CN(Cc1ccccc1)c1cc(Cl)ncc1C(N)=O. The molecule has 98 valence electrons. The summed E-state index contributed by atoms with van der Waals surface area (Å²) < 4.78 is 0. The topological polar surface area (TPSA) is 59.2 Å². The Balaban J connectivity index is 2.30. The number of carbonyl (C=O) groups excluding carboxylic acids is 1. The number of carbonyl (C=O) groups is 1. The molecule has 0 aliphatic rings. The summed E-state index contributed by atoms with van der Waals surface area (Å²) in [6.07, 6.45) is 1.40. The van der Waals surface area contributed by atoms with Crippen LogP contribution in [0.1, 0.15) is 15.9 Å². The van der Waals surface area contributed by atoms with Gasteiger partial charge in [0.25, 0.3) is 5.91 Å². The van der Waals surface area contributed by atoms with Crippen LogP contribution in [0.4, 0.5) is 5.69 Å². The molecule has 0 aliphatic carbocycles. The Hall–Kier alpha value is -2.07. The van der Waals surface area contributed by atoms with Crippen molar-refractivity contribution in [1.29, 1.82) is 0 Å². The molecule has 0 saturated carbocycles. The van der Waals surface area contributed by atoms with E-state index in [0.717, 1.165) is 5.56 Å². The van der Waals surface area contributed by atoms with Gasteiger partial charge in [0.1, 0.15) is 5.15 Å². The van der Waals surface area contributed by atoms with Crippen molar-refractivity contribution in [2.45, 2.75) is 6.54 Å². The average Bonchev–Trinajstić information content (AvgIpc) is 2.39. The number of pyridine rings is 1. The van der Waals surface area contributed by atoms with Crippen LogP contribution >= 0.6 is 11.6 Å². The zero-order chi connectivity index (χ0) is 13.8. The minimum atomic E-state index is -0.515. The van der Waals surface area contributed by atoms with E-state index in [1.165, 1.54) is 6.20 Å². The van der Waals surface area contributed by atoms with Gasteiger partial charge in [-0.3, -0.25) is 4.79 Å². The molecule has 0 spiro atoms. The number of hydrogen-bond donors (Lipinski definition) is 1. The number of hydrogen-bond acceptors (Lipinski definition) is 3. The highest BCUT2D eigenvalue weighted by Gasteiger charge is 2.13. The highest BCUT2D eigenvalue weighted by molar-refractivity contribution is 6.29. The first-order chi connectivity index (χ1) is 9.08. The van der Waals surface area contributed by atoms with Crippen LogP contribution in [0.15, 0.2) is 42.6 Å². The number of primary amides is 1. The van der Waals surface area contributed by atoms with Crippen LogP contribution < -0.4 is 10.6 Å². The lowest BCUT2D eigenvalue weighted by Crippen LogP contribution is -2.22. The van der Waals surface area contributed by atoms with Crippen LogP contribution in [0, 0.1) is 0 Å². The highest BCUT2D eigenvalue weighted by atomic mass is 35.5. The summed E-state index contributed by atoms with van der Waals surface area (Å²) in [5.41, 5.74) is 7.52. The first kappa shape index (κ1) is 13.4. The lowest BCUT2D eigenvalue weighted by atomic mass is 10.1. The Labute approximate surface area is 116 Å². The summed E-state index contributed by atoms with van der Waals surface area (Å²) in [6, 6.07) is 11.6. The predicted molar refractivity (Wildman–Crippen MR) is 76.3 cm³/mol. The Kier molecular flexibility index (Phi) is 4.02. The fourth-order valence-corrected chi connectivity index (χ4v) is 2.02. The highest BCUT2D eigenvalue weighted by Crippen LogP contribution is 2.23. The molecule has 2 aromatic rings. The van der Waals surface area contributed by atoms with E-state index < -0.39 is 5.91 Å². The van der Waals surface area contributed by atoms with Crippen molar-refractivity contribution in [3.8, 4) is 0 Å². The van der Waals surface area contributed by atoms with Crippen LogP contribution in [0.3, 0.4) is 0 Å². The molecule has 1 aromatic carbocycles. The van der Waals surface area contributed by atoms with E-state index >= 15 is 0 Å². The van der Waals surface area contributed by atoms with E-state index in [0.29, 0.717) is 22.9 Å². The summed E-state index contributed by atoms with van der Waals surface area (Å²) >= 11 is 5.88. The van der Waals surface area contributed by atoms with Crippen LogP contribution in [-0.2, 0) is 6.54 Å². The van der Waals surface area contributed by atoms with E-state index in [1.807, 2.05) is 42.3 Å². The zero-order valence-corrected chi connectivity index (χ0v) is 11.3. The van der Waals surface area contributed by atoms with Crippen LogP contribution in [-0.4, -0.2) is 17.9 Å². The molecular weight excluding hydrogens is 262 g/mol. The first-order valence-electron chi connectivity index (χ1n) is 5.78. The van der Waals surface area contributed by atoms with Crippen molar-refractivity contribution in [3.63, 3.8) is 0 Å². The third kappa shape index (κ3) is 3.23. The van der Waals surface area contributed by atoms with Gasteiger partial charge < -0.3 is 10.6 Å². The molecule has 0 radical (unpaired) electrons. The van der Waals surface area contributed by atoms with Gasteiger partial charge in [-0.25, -0.2) is 4.98 Å². The second-order valence-electron chi connectivity index (χ2n) is 4.23. The van der Waals surface area contributed by atoms with Crippen molar-refractivity contribution in [2.75, 3.05) is 11.9 Å². The molecule has 0 fully saturated rings. The summed E-state index contributed by atoms with van der Waals surface area (Å²) in [6.45, 7) is 0.654. The monoisotopic (exact) mass is 275 g/mol. The summed E-state index contributed by atoms with van der Waals surface area (Å²) in [5, 5.41) is 0.333. The third-order valence-electron chi connectivity index (χ3n) is 2.79. The van der Waals surface area contributed by atoms with Gasteiger partial charge in [-0.1, -0.05) is 41.9 Å². The molecule has 2 rings (SSSR count). The molecule has 19 heavy (non-hydrogen) atoms. The molecule has 1 amide bonds. The molecule has 0 unspecified atom stereocenters. The molecule has 4 nitrogen and oxygen atoms in total. The Morgan fingerprint density at radius 1 is 1.37 bits per heavy atom. The number of anilines is 1. The lowest BCUT2D eigenvalue weighted by Gasteiger charge is -2.21. The van der Waals surface area contributed by atoms with Gasteiger partial charge >= 0.3 is 0 Å². The molecule has 1 heterocycles. The predicted octanol–water partition coefficient (Wildman–Crippen LogP) is 2.47. The fourth-order valence-electron chi connectivity index (χ4n) is 1.87. The number of nitrogens with two attached hydrogens (primary N) is 1. The van der Waals surface area contributed by atoms with Gasteiger partial charge in [0.05, 0.1) is 11.3 Å². The second kappa shape index (κ2) is 5.71. The van der Waals surface area contributed by atoms with E-state index in [1.54, 1.807) is 6.07 Å². The zero-order valence-electron chi connectivity index (χ0n) is 10.5. The number of aromatic nitrogens is 1. The summed E-state index contributed by atoms with van der Waals surface area (Å²) in [5.74, 6) is -0.515. The molecule has 0 atom stereocenters. The minimum absolute atomic E-state index is 0.333. The molecule has 0 aliphatic heterocycles. The molecule has 1 aromatic heterocycles. The van der Waals surface area contributed by atoms with Crippen molar-refractivity contribution in [1.82, 2.24) is 4.98 Å². The molecule has 2 N–H and O–H groups in total. The van der Waals surface area contributed by atoms with Gasteiger partial charge in [0.15, 0.2) is 0 Å². The Morgan fingerprint density at radius 2 is 2.05 bits per heavy atom. The number of nitrogens with zero attached hydrogens (tertiary/aromatic N) is 2. The quantitative estimate of drug-likeness (QED) is 0.872. The van der Waals surface area contributed by atoms with Crippen LogP contribution in [0.5, 0.6) is 0 Å². The lowest BCUT2D eigenvalue weighted by molar-refractivity contribution is 0.100. The van der Waals surface area contributed by atoms with E-state index in [2.05, 4.69) is 4.98 Å². The molecular formula is C14H14ClN3O.